The number of aliphatic carboxylic acids is 1. The Bertz CT molecular complexity index is 525. The van der Waals surface area contributed by atoms with Gasteiger partial charge in [-0.1, -0.05) is 12.2 Å². The number of aromatic hydroxyl groups is 1. The molecule has 1 aromatic rings. The van der Waals surface area contributed by atoms with Crippen LogP contribution in [0.4, 0.5) is 10.5 Å². The van der Waals surface area contributed by atoms with E-state index in [9.17, 15) is 14.7 Å². The highest BCUT2D eigenvalue weighted by Gasteiger charge is 2.23. The SMILES string of the molecule is C=C(C)CN(CC)C(=O)N(CC(=O)O)c1ccc(O)cc1. The second-order valence-corrected chi connectivity index (χ2v) is 4.75. The van der Waals surface area contributed by atoms with Gasteiger partial charge in [-0.3, -0.25) is 9.69 Å². The van der Waals surface area contributed by atoms with Crippen LogP contribution < -0.4 is 4.90 Å². The molecule has 0 aromatic heterocycles. The molecule has 6 nitrogen and oxygen atoms in total. The van der Waals surface area contributed by atoms with Gasteiger partial charge in [0.2, 0.25) is 0 Å². The summed E-state index contributed by atoms with van der Waals surface area (Å²) < 4.78 is 0. The number of carbonyl (C=O) groups is 2. The Morgan fingerprint density at radius 2 is 1.76 bits per heavy atom. The van der Waals surface area contributed by atoms with Crippen molar-refractivity contribution in [2.24, 2.45) is 0 Å². The molecule has 0 atom stereocenters. The first kappa shape index (κ1) is 16.6. The second-order valence-electron chi connectivity index (χ2n) is 4.75. The van der Waals surface area contributed by atoms with Crippen molar-refractivity contribution in [3.05, 3.63) is 36.4 Å². The van der Waals surface area contributed by atoms with Crippen molar-refractivity contribution in [1.82, 2.24) is 4.90 Å². The van der Waals surface area contributed by atoms with Gasteiger partial charge in [0.25, 0.3) is 0 Å². The fourth-order valence-electron chi connectivity index (χ4n) is 1.85. The first-order chi connectivity index (χ1) is 9.85. The van der Waals surface area contributed by atoms with E-state index in [2.05, 4.69) is 6.58 Å². The van der Waals surface area contributed by atoms with Crippen molar-refractivity contribution in [2.45, 2.75) is 13.8 Å². The number of carboxylic acid groups (broad SMARTS) is 1. The number of hydrogen-bond donors (Lipinski definition) is 2. The van der Waals surface area contributed by atoms with Crippen LogP contribution in [0.1, 0.15) is 13.8 Å². The number of carbonyl (C=O) groups excluding carboxylic acids is 1. The molecule has 0 heterocycles. The lowest BCUT2D eigenvalue weighted by molar-refractivity contribution is -0.135. The predicted octanol–water partition coefficient (Wildman–Crippen LogP) is 2.30. The topological polar surface area (TPSA) is 81.1 Å². The second kappa shape index (κ2) is 7.33. The van der Waals surface area contributed by atoms with Gasteiger partial charge in [-0.2, -0.15) is 0 Å². The molecule has 1 aromatic carbocycles. The van der Waals surface area contributed by atoms with E-state index in [1.807, 2.05) is 6.92 Å². The number of likely N-dealkylation sites (N-methyl/N-ethyl adjacent to an activating group) is 1. The van der Waals surface area contributed by atoms with Gasteiger partial charge in [-0.05, 0) is 38.1 Å². The number of benzene rings is 1. The standard InChI is InChI=1S/C15H20N2O4/c1-4-16(9-11(2)3)15(21)17(10-14(19)20)12-5-7-13(18)8-6-12/h5-8,18H,2,4,9-10H2,1,3H3,(H,19,20). The Kier molecular flexibility index (Phi) is 5.78. The van der Waals surface area contributed by atoms with Crippen molar-refractivity contribution in [2.75, 3.05) is 24.5 Å². The van der Waals surface area contributed by atoms with Crippen LogP contribution in [-0.4, -0.2) is 46.7 Å². The van der Waals surface area contributed by atoms with Gasteiger partial charge in [0, 0.05) is 18.8 Å². The smallest absolute Gasteiger partial charge is 0.325 e. The summed E-state index contributed by atoms with van der Waals surface area (Å²) >= 11 is 0. The van der Waals surface area contributed by atoms with Gasteiger partial charge in [0.1, 0.15) is 12.3 Å². The molecule has 0 aliphatic heterocycles. The lowest BCUT2D eigenvalue weighted by Crippen LogP contribution is -2.46. The van der Waals surface area contributed by atoms with E-state index in [0.29, 0.717) is 18.8 Å². The van der Waals surface area contributed by atoms with E-state index in [-0.39, 0.29) is 5.75 Å². The summed E-state index contributed by atoms with van der Waals surface area (Å²) in [6.45, 7) is 7.75. The molecular weight excluding hydrogens is 272 g/mol. The molecular formula is C15H20N2O4. The van der Waals surface area contributed by atoms with Crippen LogP contribution in [0.2, 0.25) is 0 Å². The lowest BCUT2D eigenvalue weighted by atomic mass is 10.2. The van der Waals surface area contributed by atoms with E-state index in [0.717, 1.165) is 10.5 Å². The maximum Gasteiger partial charge on any atom is 0.325 e. The molecule has 2 amide bonds. The van der Waals surface area contributed by atoms with Crippen molar-refractivity contribution >= 4 is 17.7 Å². The first-order valence-electron chi connectivity index (χ1n) is 6.56. The lowest BCUT2D eigenvalue weighted by Gasteiger charge is -2.29. The zero-order valence-corrected chi connectivity index (χ0v) is 12.2. The monoisotopic (exact) mass is 292 g/mol. The zero-order chi connectivity index (χ0) is 16.0. The van der Waals surface area contributed by atoms with Crippen LogP contribution in [0.25, 0.3) is 0 Å². The number of hydrogen-bond acceptors (Lipinski definition) is 3. The normalized spacial score (nSPS) is 10.0. The fourth-order valence-corrected chi connectivity index (χ4v) is 1.85. The van der Waals surface area contributed by atoms with Crippen LogP contribution in [0, 0.1) is 0 Å². The van der Waals surface area contributed by atoms with Crippen LogP contribution in [0.3, 0.4) is 0 Å². The van der Waals surface area contributed by atoms with Gasteiger partial charge in [-0.15, -0.1) is 0 Å². The highest BCUT2D eigenvalue weighted by atomic mass is 16.4. The number of rotatable bonds is 6. The number of nitrogens with zero attached hydrogens (tertiary/aromatic N) is 2. The van der Waals surface area contributed by atoms with E-state index in [1.165, 1.54) is 29.2 Å². The third-order valence-corrected chi connectivity index (χ3v) is 2.80. The summed E-state index contributed by atoms with van der Waals surface area (Å²) in [5, 5.41) is 18.3. The van der Waals surface area contributed by atoms with Crippen LogP contribution in [-0.2, 0) is 4.79 Å². The maximum absolute atomic E-state index is 12.5. The van der Waals surface area contributed by atoms with Crippen LogP contribution in [0.15, 0.2) is 36.4 Å². The Balaban J connectivity index is 3.05. The highest BCUT2D eigenvalue weighted by molar-refractivity contribution is 5.96. The summed E-state index contributed by atoms with van der Waals surface area (Å²) in [5.74, 6) is -1.06. The van der Waals surface area contributed by atoms with Gasteiger partial charge in [0.15, 0.2) is 0 Å². The number of carboxylic acids is 1. The summed E-state index contributed by atoms with van der Waals surface area (Å²) in [6.07, 6.45) is 0. The van der Waals surface area contributed by atoms with Crippen LogP contribution in [0.5, 0.6) is 5.75 Å². The Morgan fingerprint density at radius 3 is 2.19 bits per heavy atom. The molecule has 1 rings (SSSR count). The zero-order valence-electron chi connectivity index (χ0n) is 12.2. The number of amides is 2. The van der Waals surface area contributed by atoms with Crippen LogP contribution >= 0.6 is 0 Å². The molecule has 0 aliphatic rings. The van der Waals surface area contributed by atoms with Gasteiger partial charge < -0.3 is 15.1 Å². The number of anilines is 1. The molecule has 0 saturated carbocycles. The molecule has 6 heteroatoms. The molecule has 0 unspecified atom stereocenters. The largest absolute Gasteiger partial charge is 0.508 e. The molecule has 21 heavy (non-hydrogen) atoms. The van der Waals surface area contributed by atoms with Crippen molar-refractivity contribution in [3.8, 4) is 5.75 Å². The molecule has 2 N–H and O–H groups in total. The summed E-state index contributed by atoms with van der Waals surface area (Å²) in [6, 6.07) is 5.42. The highest BCUT2D eigenvalue weighted by Crippen LogP contribution is 2.20. The molecule has 0 bridgehead atoms. The minimum absolute atomic E-state index is 0.0516. The number of urea groups is 1. The predicted molar refractivity (Wildman–Crippen MR) is 80.5 cm³/mol. The fraction of sp³-hybridized carbons (Fsp3) is 0.333. The molecule has 0 spiro atoms. The van der Waals surface area contributed by atoms with Gasteiger partial charge >= 0.3 is 12.0 Å². The van der Waals surface area contributed by atoms with E-state index < -0.39 is 18.5 Å². The molecule has 0 saturated heterocycles. The molecule has 0 fully saturated rings. The number of phenolic OH excluding ortho intramolecular Hbond substituents is 1. The Labute approximate surface area is 123 Å². The summed E-state index contributed by atoms with van der Waals surface area (Å²) in [7, 11) is 0. The minimum atomic E-state index is -1.11. The van der Waals surface area contributed by atoms with Gasteiger partial charge in [-0.25, -0.2) is 4.79 Å². The molecule has 0 aliphatic carbocycles. The molecule has 114 valence electrons. The van der Waals surface area contributed by atoms with E-state index in [1.54, 1.807) is 6.92 Å². The molecule has 0 radical (unpaired) electrons. The van der Waals surface area contributed by atoms with Crippen molar-refractivity contribution < 1.29 is 19.8 Å². The maximum atomic E-state index is 12.5. The third-order valence-electron chi connectivity index (χ3n) is 2.80. The minimum Gasteiger partial charge on any atom is -0.508 e. The first-order valence-corrected chi connectivity index (χ1v) is 6.56. The average molecular weight is 292 g/mol. The van der Waals surface area contributed by atoms with Crippen molar-refractivity contribution in [1.29, 1.82) is 0 Å². The van der Waals surface area contributed by atoms with Crippen molar-refractivity contribution in [3.63, 3.8) is 0 Å². The van der Waals surface area contributed by atoms with Gasteiger partial charge in [0.05, 0.1) is 0 Å². The van der Waals surface area contributed by atoms with E-state index >= 15 is 0 Å². The number of phenols is 1. The average Bonchev–Trinajstić information content (AvgIpc) is 2.42. The third kappa shape index (κ3) is 4.83. The quantitative estimate of drug-likeness (QED) is 0.788. The summed E-state index contributed by atoms with van der Waals surface area (Å²) in [5.41, 5.74) is 1.23. The van der Waals surface area contributed by atoms with E-state index in [4.69, 9.17) is 5.11 Å². The Hall–Kier alpha value is -2.50. The summed E-state index contributed by atoms with van der Waals surface area (Å²) in [4.78, 5) is 26.2. The Morgan fingerprint density at radius 1 is 1.19 bits per heavy atom.